The number of fused-ring (bicyclic) bond motifs is 1. The highest BCUT2D eigenvalue weighted by Gasteiger charge is 2.15. The van der Waals surface area contributed by atoms with Gasteiger partial charge in [-0.1, -0.05) is 10.4 Å². The Morgan fingerprint density at radius 2 is 1.88 bits per heavy atom. The van der Waals surface area contributed by atoms with E-state index in [-0.39, 0.29) is 6.04 Å². The lowest BCUT2D eigenvalue weighted by Crippen LogP contribution is -2.02. The number of nitrogens with zero attached hydrogens (tertiary/aromatic N) is 6. The lowest BCUT2D eigenvalue weighted by molar-refractivity contribution is 0.432. The second-order valence-electron chi connectivity index (χ2n) is 6.34. The molecule has 3 heterocycles. The number of hydrogen-bond donors (Lipinski definition) is 0. The fraction of sp³-hybridized carbons (Fsp3) is 0.278. The number of pyridine rings is 1. The quantitative estimate of drug-likeness (QED) is 0.567. The SMILES string of the molecule is Cc1ccc(-c2noc(-c3ccc4c(c3)nnn4C(C)C)n2)c(C)n1. The molecular formula is C18H18N6O. The van der Waals surface area contributed by atoms with Crippen molar-refractivity contribution < 1.29 is 4.52 Å². The van der Waals surface area contributed by atoms with Crippen LogP contribution in [0.1, 0.15) is 31.3 Å². The van der Waals surface area contributed by atoms with Crippen LogP contribution in [0.25, 0.3) is 33.9 Å². The van der Waals surface area contributed by atoms with Gasteiger partial charge >= 0.3 is 0 Å². The molecule has 0 spiro atoms. The Morgan fingerprint density at radius 3 is 2.64 bits per heavy atom. The molecule has 25 heavy (non-hydrogen) atoms. The predicted molar refractivity (Wildman–Crippen MR) is 93.9 cm³/mol. The Morgan fingerprint density at radius 1 is 1.04 bits per heavy atom. The monoisotopic (exact) mass is 334 g/mol. The molecule has 0 radical (unpaired) electrons. The summed E-state index contributed by atoms with van der Waals surface area (Å²) < 4.78 is 7.34. The summed E-state index contributed by atoms with van der Waals surface area (Å²) in [4.78, 5) is 8.97. The lowest BCUT2D eigenvalue weighted by Gasteiger charge is -2.04. The molecule has 0 fully saturated rings. The predicted octanol–water partition coefficient (Wildman–Crippen LogP) is 3.74. The zero-order valence-corrected chi connectivity index (χ0v) is 14.6. The van der Waals surface area contributed by atoms with E-state index >= 15 is 0 Å². The number of hydrogen-bond acceptors (Lipinski definition) is 6. The Bertz CT molecular complexity index is 1060. The molecule has 0 aliphatic heterocycles. The third-order valence-corrected chi connectivity index (χ3v) is 4.10. The molecule has 0 aliphatic carbocycles. The molecule has 0 unspecified atom stereocenters. The zero-order chi connectivity index (χ0) is 17.6. The van der Waals surface area contributed by atoms with Crippen LogP contribution in [0.5, 0.6) is 0 Å². The number of aromatic nitrogens is 6. The summed E-state index contributed by atoms with van der Waals surface area (Å²) in [5, 5.41) is 12.5. The number of aryl methyl sites for hydroxylation is 2. The van der Waals surface area contributed by atoms with E-state index in [1.165, 1.54) is 0 Å². The van der Waals surface area contributed by atoms with Gasteiger partial charge in [-0.2, -0.15) is 4.98 Å². The van der Waals surface area contributed by atoms with Crippen molar-refractivity contribution in [3.63, 3.8) is 0 Å². The maximum atomic E-state index is 5.45. The van der Waals surface area contributed by atoms with Gasteiger partial charge in [0, 0.05) is 28.6 Å². The molecule has 0 amide bonds. The normalized spacial score (nSPS) is 11.6. The standard InChI is InChI=1S/C18H18N6O/c1-10(2)24-16-8-6-13(9-15(16)21-23-24)18-20-17(22-25-18)14-7-5-11(3)19-12(14)4/h5-10H,1-4H3. The van der Waals surface area contributed by atoms with Crippen LogP contribution in [0.4, 0.5) is 0 Å². The van der Waals surface area contributed by atoms with E-state index in [2.05, 4.69) is 39.3 Å². The molecule has 0 atom stereocenters. The van der Waals surface area contributed by atoms with Gasteiger partial charge in [0.15, 0.2) is 0 Å². The molecule has 0 N–H and O–H groups in total. The number of benzene rings is 1. The molecule has 7 heteroatoms. The van der Waals surface area contributed by atoms with Gasteiger partial charge in [0.2, 0.25) is 5.82 Å². The molecule has 0 saturated heterocycles. The van der Waals surface area contributed by atoms with Gasteiger partial charge in [0.25, 0.3) is 5.89 Å². The van der Waals surface area contributed by atoms with E-state index in [0.717, 1.165) is 33.5 Å². The molecule has 7 nitrogen and oxygen atoms in total. The highest BCUT2D eigenvalue weighted by molar-refractivity contribution is 5.80. The maximum Gasteiger partial charge on any atom is 0.258 e. The van der Waals surface area contributed by atoms with Crippen molar-refractivity contribution in [2.75, 3.05) is 0 Å². The third-order valence-electron chi connectivity index (χ3n) is 4.10. The van der Waals surface area contributed by atoms with Gasteiger partial charge in [0.1, 0.15) is 5.52 Å². The van der Waals surface area contributed by atoms with Gasteiger partial charge in [-0.25, -0.2) is 4.68 Å². The van der Waals surface area contributed by atoms with Crippen LogP contribution in [0, 0.1) is 13.8 Å². The van der Waals surface area contributed by atoms with Crippen LogP contribution in [0.2, 0.25) is 0 Å². The Labute approximate surface area is 144 Å². The van der Waals surface area contributed by atoms with Gasteiger partial charge < -0.3 is 4.52 Å². The average molecular weight is 334 g/mol. The van der Waals surface area contributed by atoms with Crippen molar-refractivity contribution >= 4 is 11.0 Å². The van der Waals surface area contributed by atoms with E-state index in [9.17, 15) is 0 Å². The first-order valence-electron chi connectivity index (χ1n) is 8.16. The summed E-state index contributed by atoms with van der Waals surface area (Å²) in [6.07, 6.45) is 0. The Hall–Kier alpha value is -3.09. The van der Waals surface area contributed by atoms with E-state index in [1.54, 1.807) is 0 Å². The van der Waals surface area contributed by atoms with Crippen molar-refractivity contribution in [3.8, 4) is 22.8 Å². The summed E-state index contributed by atoms with van der Waals surface area (Å²) >= 11 is 0. The fourth-order valence-electron chi connectivity index (χ4n) is 2.83. The van der Waals surface area contributed by atoms with E-state index < -0.39 is 0 Å². The fourth-order valence-corrected chi connectivity index (χ4v) is 2.83. The van der Waals surface area contributed by atoms with Crippen LogP contribution < -0.4 is 0 Å². The largest absolute Gasteiger partial charge is 0.334 e. The van der Waals surface area contributed by atoms with Crippen LogP contribution >= 0.6 is 0 Å². The van der Waals surface area contributed by atoms with Crippen molar-refractivity contribution in [1.29, 1.82) is 0 Å². The van der Waals surface area contributed by atoms with E-state index in [4.69, 9.17) is 4.52 Å². The summed E-state index contributed by atoms with van der Waals surface area (Å²) in [5.74, 6) is 0.988. The lowest BCUT2D eigenvalue weighted by atomic mass is 10.1. The smallest absolute Gasteiger partial charge is 0.258 e. The molecule has 126 valence electrons. The van der Waals surface area contributed by atoms with Crippen molar-refractivity contribution in [1.82, 2.24) is 30.1 Å². The van der Waals surface area contributed by atoms with E-state index in [1.807, 2.05) is 48.9 Å². The van der Waals surface area contributed by atoms with Crippen LogP contribution in [0.15, 0.2) is 34.9 Å². The first-order valence-corrected chi connectivity index (χ1v) is 8.16. The van der Waals surface area contributed by atoms with Crippen LogP contribution in [0.3, 0.4) is 0 Å². The molecule has 0 saturated carbocycles. The topological polar surface area (TPSA) is 82.5 Å². The summed E-state index contributed by atoms with van der Waals surface area (Å²) in [6.45, 7) is 8.04. The number of rotatable bonds is 3. The van der Waals surface area contributed by atoms with Crippen molar-refractivity contribution in [3.05, 3.63) is 41.7 Å². The molecule has 1 aromatic carbocycles. The van der Waals surface area contributed by atoms with E-state index in [0.29, 0.717) is 11.7 Å². The van der Waals surface area contributed by atoms with Crippen LogP contribution in [-0.4, -0.2) is 30.1 Å². The van der Waals surface area contributed by atoms with Crippen molar-refractivity contribution in [2.24, 2.45) is 0 Å². The maximum absolute atomic E-state index is 5.45. The minimum atomic E-state index is 0.253. The summed E-state index contributed by atoms with van der Waals surface area (Å²) in [6, 6.07) is 10.00. The Kier molecular flexibility index (Phi) is 3.56. The third kappa shape index (κ3) is 2.67. The molecule has 0 bridgehead atoms. The van der Waals surface area contributed by atoms with Gasteiger partial charge in [-0.15, -0.1) is 5.10 Å². The molecule has 4 aromatic rings. The molecule has 3 aromatic heterocycles. The zero-order valence-electron chi connectivity index (χ0n) is 14.6. The highest BCUT2D eigenvalue weighted by atomic mass is 16.5. The Balaban J connectivity index is 1.73. The van der Waals surface area contributed by atoms with Gasteiger partial charge in [-0.05, 0) is 58.0 Å². The average Bonchev–Trinajstić information content (AvgIpc) is 3.21. The highest BCUT2D eigenvalue weighted by Crippen LogP contribution is 2.26. The van der Waals surface area contributed by atoms with Gasteiger partial charge in [-0.3, -0.25) is 4.98 Å². The summed E-state index contributed by atoms with van der Waals surface area (Å²) in [7, 11) is 0. The first-order chi connectivity index (χ1) is 12.0. The van der Waals surface area contributed by atoms with Gasteiger partial charge in [0.05, 0.1) is 5.52 Å². The molecule has 4 rings (SSSR count). The first kappa shape index (κ1) is 15.4. The second-order valence-corrected chi connectivity index (χ2v) is 6.34. The second kappa shape index (κ2) is 5.77. The minimum Gasteiger partial charge on any atom is -0.334 e. The minimum absolute atomic E-state index is 0.253. The molecular weight excluding hydrogens is 316 g/mol. The molecule has 0 aliphatic rings. The van der Waals surface area contributed by atoms with Crippen molar-refractivity contribution in [2.45, 2.75) is 33.7 Å². The van der Waals surface area contributed by atoms with Crippen LogP contribution in [-0.2, 0) is 0 Å². The summed E-state index contributed by atoms with van der Waals surface area (Å²) in [5.41, 5.74) is 5.31.